The van der Waals surface area contributed by atoms with Gasteiger partial charge in [0.25, 0.3) is 0 Å². The Morgan fingerprint density at radius 2 is 2.12 bits per heavy atom. The van der Waals surface area contributed by atoms with E-state index in [1.807, 2.05) is 12.1 Å². The smallest absolute Gasteiger partial charge is 0.127 e. The minimum atomic E-state index is -0.102. The van der Waals surface area contributed by atoms with Gasteiger partial charge in [-0.15, -0.1) is 0 Å². The van der Waals surface area contributed by atoms with Crippen molar-refractivity contribution in [3.05, 3.63) is 35.4 Å². The maximum atomic E-state index is 5.96. The van der Waals surface area contributed by atoms with Crippen LogP contribution in [-0.4, -0.2) is 23.9 Å². The monoisotopic (exact) mass is 330 g/mol. The molecule has 0 saturated carbocycles. The molecule has 24 heavy (non-hydrogen) atoms. The fourth-order valence-corrected chi connectivity index (χ4v) is 3.37. The van der Waals surface area contributed by atoms with E-state index in [4.69, 9.17) is 14.2 Å². The summed E-state index contributed by atoms with van der Waals surface area (Å²) >= 11 is 0. The Kier molecular flexibility index (Phi) is 4.65. The van der Waals surface area contributed by atoms with Crippen LogP contribution in [0.25, 0.3) is 0 Å². The van der Waals surface area contributed by atoms with Crippen molar-refractivity contribution in [3.8, 4) is 11.5 Å². The number of hydrogen-bond acceptors (Lipinski definition) is 3. The number of epoxide rings is 1. The molecule has 2 aliphatic heterocycles. The molecule has 2 unspecified atom stereocenters. The summed E-state index contributed by atoms with van der Waals surface area (Å²) in [5.41, 5.74) is 2.66. The number of allylic oxidation sites excluding steroid dienone is 1. The first-order chi connectivity index (χ1) is 11.3. The fraction of sp³-hybridized carbons (Fsp3) is 0.619. The Morgan fingerprint density at radius 1 is 1.33 bits per heavy atom. The van der Waals surface area contributed by atoms with Gasteiger partial charge in [-0.25, -0.2) is 0 Å². The van der Waals surface area contributed by atoms with E-state index in [1.165, 1.54) is 11.1 Å². The third-order valence-electron chi connectivity index (χ3n) is 5.26. The lowest BCUT2D eigenvalue weighted by Crippen LogP contribution is -2.24. The van der Waals surface area contributed by atoms with Gasteiger partial charge in [0.15, 0.2) is 0 Å². The lowest BCUT2D eigenvalue weighted by Gasteiger charge is -2.16. The van der Waals surface area contributed by atoms with E-state index < -0.39 is 0 Å². The lowest BCUT2D eigenvalue weighted by atomic mass is 9.99. The van der Waals surface area contributed by atoms with Crippen LogP contribution in [0.15, 0.2) is 29.8 Å². The molecule has 1 fully saturated rings. The molecule has 0 spiro atoms. The average molecular weight is 330 g/mol. The highest BCUT2D eigenvalue weighted by Crippen LogP contribution is 2.42. The zero-order chi connectivity index (χ0) is 17.4. The molecular formula is C21H30O3. The van der Waals surface area contributed by atoms with Crippen molar-refractivity contribution in [2.45, 2.75) is 77.6 Å². The SMILES string of the molecule is CCC1(C)OC1CC/C(C)=C/COc1ccc2c(c1)OC(C)(C)C2. The summed E-state index contributed by atoms with van der Waals surface area (Å²) in [5, 5.41) is 0. The van der Waals surface area contributed by atoms with Crippen LogP contribution in [0, 0.1) is 0 Å². The van der Waals surface area contributed by atoms with Crippen molar-refractivity contribution in [2.24, 2.45) is 0 Å². The van der Waals surface area contributed by atoms with E-state index in [2.05, 4.69) is 46.8 Å². The summed E-state index contributed by atoms with van der Waals surface area (Å²) in [6, 6.07) is 6.17. The van der Waals surface area contributed by atoms with Gasteiger partial charge >= 0.3 is 0 Å². The first-order valence-corrected chi connectivity index (χ1v) is 9.09. The molecule has 1 aromatic rings. The molecule has 132 valence electrons. The molecule has 3 nitrogen and oxygen atoms in total. The molecule has 0 radical (unpaired) electrons. The fourth-order valence-electron chi connectivity index (χ4n) is 3.37. The van der Waals surface area contributed by atoms with E-state index in [-0.39, 0.29) is 11.2 Å². The second kappa shape index (κ2) is 6.44. The van der Waals surface area contributed by atoms with Crippen molar-refractivity contribution < 1.29 is 14.2 Å². The molecule has 2 heterocycles. The van der Waals surface area contributed by atoms with Crippen LogP contribution in [-0.2, 0) is 11.2 Å². The van der Waals surface area contributed by atoms with Crippen LogP contribution in [0.5, 0.6) is 11.5 Å². The Bertz CT molecular complexity index is 632. The van der Waals surface area contributed by atoms with Crippen LogP contribution in [0.1, 0.15) is 59.4 Å². The summed E-state index contributed by atoms with van der Waals surface area (Å²) in [4.78, 5) is 0. The molecule has 0 aromatic heterocycles. The number of rotatable bonds is 7. The molecule has 3 heteroatoms. The van der Waals surface area contributed by atoms with Crippen LogP contribution in [0.2, 0.25) is 0 Å². The van der Waals surface area contributed by atoms with Crippen molar-refractivity contribution in [3.63, 3.8) is 0 Å². The van der Waals surface area contributed by atoms with E-state index in [0.717, 1.165) is 37.2 Å². The molecule has 0 amide bonds. The number of fused-ring (bicyclic) bond motifs is 1. The maximum absolute atomic E-state index is 5.96. The molecule has 0 aliphatic carbocycles. The molecule has 1 saturated heterocycles. The van der Waals surface area contributed by atoms with E-state index in [1.54, 1.807) is 0 Å². The number of hydrogen-bond donors (Lipinski definition) is 0. The quantitative estimate of drug-likeness (QED) is 0.516. The van der Waals surface area contributed by atoms with E-state index in [0.29, 0.717) is 12.7 Å². The van der Waals surface area contributed by atoms with Gasteiger partial charge in [-0.2, -0.15) is 0 Å². The highest BCUT2D eigenvalue weighted by Gasteiger charge is 2.49. The number of benzene rings is 1. The predicted octanol–water partition coefficient (Wildman–Crippen LogP) is 5.07. The predicted molar refractivity (Wildman–Crippen MR) is 96.9 cm³/mol. The molecule has 2 atom stereocenters. The Hall–Kier alpha value is -1.48. The van der Waals surface area contributed by atoms with Gasteiger partial charge in [-0.1, -0.05) is 18.6 Å². The minimum absolute atomic E-state index is 0.102. The van der Waals surface area contributed by atoms with Gasteiger partial charge in [0.1, 0.15) is 23.7 Å². The third-order valence-corrected chi connectivity index (χ3v) is 5.26. The standard InChI is InChI=1S/C21H30O3/c1-6-21(5)19(24-21)10-7-15(2)11-12-22-17-9-8-16-14-20(3,4)23-18(16)13-17/h8-9,11,13,19H,6-7,10,12,14H2,1-5H3/b15-11+. The van der Waals surface area contributed by atoms with Gasteiger partial charge in [-0.05, 0) is 64.7 Å². The zero-order valence-electron chi connectivity index (χ0n) is 15.6. The van der Waals surface area contributed by atoms with Crippen LogP contribution in [0.3, 0.4) is 0 Å². The van der Waals surface area contributed by atoms with Gasteiger partial charge in [-0.3, -0.25) is 0 Å². The van der Waals surface area contributed by atoms with Crippen molar-refractivity contribution in [1.29, 1.82) is 0 Å². The largest absolute Gasteiger partial charge is 0.489 e. The highest BCUT2D eigenvalue weighted by atomic mass is 16.6. The summed E-state index contributed by atoms with van der Waals surface area (Å²) in [5.74, 6) is 1.84. The maximum Gasteiger partial charge on any atom is 0.127 e. The van der Waals surface area contributed by atoms with Gasteiger partial charge in [0.05, 0.1) is 11.7 Å². The summed E-state index contributed by atoms with van der Waals surface area (Å²) in [6.45, 7) is 11.4. The molecule has 3 rings (SSSR count). The Balaban J connectivity index is 1.45. The normalized spacial score (nSPS) is 27.5. The Morgan fingerprint density at radius 3 is 2.83 bits per heavy atom. The van der Waals surface area contributed by atoms with E-state index in [9.17, 15) is 0 Å². The lowest BCUT2D eigenvalue weighted by molar-refractivity contribution is 0.138. The number of ether oxygens (including phenoxy) is 3. The van der Waals surface area contributed by atoms with Gasteiger partial charge in [0, 0.05) is 12.5 Å². The second-order valence-corrected chi connectivity index (χ2v) is 7.98. The molecule has 0 bridgehead atoms. The first-order valence-electron chi connectivity index (χ1n) is 9.09. The minimum Gasteiger partial charge on any atom is -0.489 e. The van der Waals surface area contributed by atoms with Crippen LogP contribution >= 0.6 is 0 Å². The van der Waals surface area contributed by atoms with Gasteiger partial charge in [0.2, 0.25) is 0 Å². The summed E-state index contributed by atoms with van der Waals surface area (Å²) in [6.07, 6.45) is 6.84. The van der Waals surface area contributed by atoms with Crippen molar-refractivity contribution in [1.82, 2.24) is 0 Å². The Labute approximate surface area is 146 Å². The second-order valence-electron chi connectivity index (χ2n) is 7.98. The van der Waals surface area contributed by atoms with Gasteiger partial charge < -0.3 is 14.2 Å². The van der Waals surface area contributed by atoms with Crippen molar-refractivity contribution >= 4 is 0 Å². The third kappa shape index (κ3) is 3.94. The van der Waals surface area contributed by atoms with Crippen molar-refractivity contribution in [2.75, 3.05) is 6.61 Å². The molecule has 1 aromatic carbocycles. The van der Waals surface area contributed by atoms with E-state index >= 15 is 0 Å². The molecule has 2 aliphatic rings. The average Bonchev–Trinajstić information content (AvgIpc) is 3.07. The highest BCUT2D eigenvalue weighted by molar-refractivity contribution is 5.44. The summed E-state index contributed by atoms with van der Waals surface area (Å²) < 4.78 is 17.6. The first kappa shape index (κ1) is 17.3. The van der Waals surface area contributed by atoms with Crippen LogP contribution in [0.4, 0.5) is 0 Å². The topological polar surface area (TPSA) is 31.0 Å². The molecular weight excluding hydrogens is 300 g/mol. The summed E-state index contributed by atoms with van der Waals surface area (Å²) in [7, 11) is 0. The van der Waals surface area contributed by atoms with Crippen LogP contribution < -0.4 is 9.47 Å². The zero-order valence-corrected chi connectivity index (χ0v) is 15.6. The molecule has 0 N–H and O–H groups in total.